The smallest absolute Gasteiger partial charge is 0.410 e. The summed E-state index contributed by atoms with van der Waals surface area (Å²) in [7, 11) is 1.63. The number of ether oxygens (including phenoxy) is 2. The summed E-state index contributed by atoms with van der Waals surface area (Å²) in [6, 6.07) is 7.67. The molecule has 1 aromatic heterocycles. The number of hydrogen-bond donors (Lipinski definition) is 1. The van der Waals surface area contributed by atoms with Gasteiger partial charge in [0.25, 0.3) is 0 Å². The van der Waals surface area contributed by atoms with Crippen LogP contribution in [-0.2, 0) is 17.7 Å². The highest BCUT2D eigenvalue weighted by molar-refractivity contribution is 9.10. The van der Waals surface area contributed by atoms with Crippen LogP contribution in [0.2, 0.25) is 5.02 Å². The summed E-state index contributed by atoms with van der Waals surface area (Å²) in [6.07, 6.45) is 2.10. The molecule has 7 nitrogen and oxygen atoms in total. The van der Waals surface area contributed by atoms with Crippen molar-refractivity contribution in [3.8, 4) is 5.75 Å². The lowest BCUT2D eigenvalue weighted by Gasteiger charge is -2.31. The number of anilines is 2. The van der Waals surface area contributed by atoms with E-state index in [1.54, 1.807) is 18.2 Å². The molecule has 1 aliphatic rings. The first-order valence-electron chi connectivity index (χ1n) is 10.2. The highest BCUT2D eigenvalue weighted by atomic mass is 79.9. The lowest BCUT2D eigenvalue weighted by molar-refractivity contribution is 0.0224. The molecule has 1 amide bonds. The van der Waals surface area contributed by atoms with Crippen molar-refractivity contribution in [2.45, 2.75) is 39.3 Å². The number of amides is 1. The molecule has 1 N–H and O–H groups in total. The largest absolute Gasteiger partial charge is 0.495 e. The third kappa shape index (κ3) is 4.91. The van der Waals surface area contributed by atoms with Gasteiger partial charge < -0.3 is 19.7 Å². The zero-order valence-corrected chi connectivity index (χ0v) is 20.7. The van der Waals surface area contributed by atoms with Crippen LogP contribution >= 0.6 is 27.5 Å². The summed E-state index contributed by atoms with van der Waals surface area (Å²) in [6.45, 7) is 6.66. The van der Waals surface area contributed by atoms with Gasteiger partial charge in [-0.1, -0.05) is 27.5 Å². The Bertz CT molecular complexity index is 1200. The Morgan fingerprint density at radius 3 is 2.72 bits per heavy atom. The second kappa shape index (κ2) is 8.75. The third-order valence-electron chi connectivity index (χ3n) is 5.05. The second-order valence-electron chi connectivity index (χ2n) is 8.61. The predicted octanol–water partition coefficient (Wildman–Crippen LogP) is 6.09. The van der Waals surface area contributed by atoms with Crippen molar-refractivity contribution in [2.24, 2.45) is 0 Å². The van der Waals surface area contributed by atoms with Crippen molar-refractivity contribution in [1.29, 1.82) is 0 Å². The topological polar surface area (TPSA) is 76.6 Å². The highest BCUT2D eigenvalue weighted by Gasteiger charge is 2.26. The highest BCUT2D eigenvalue weighted by Crippen LogP contribution is 2.34. The van der Waals surface area contributed by atoms with E-state index in [0.29, 0.717) is 29.8 Å². The Hall–Kier alpha value is -2.58. The van der Waals surface area contributed by atoms with Gasteiger partial charge in [-0.2, -0.15) is 0 Å². The maximum absolute atomic E-state index is 12.5. The molecule has 0 radical (unpaired) electrons. The van der Waals surface area contributed by atoms with Crippen LogP contribution in [-0.4, -0.2) is 40.2 Å². The first-order chi connectivity index (χ1) is 15.1. The van der Waals surface area contributed by atoms with Crippen LogP contribution < -0.4 is 10.1 Å². The van der Waals surface area contributed by atoms with Crippen LogP contribution in [0.1, 0.15) is 31.9 Å². The zero-order valence-electron chi connectivity index (χ0n) is 18.3. The molecule has 2 heterocycles. The number of nitrogens with zero attached hydrogens (tertiary/aromatic N) is 3. The Balaban J connectivity index is 1.62. The monoisotopic (exact) mass is 518 g/mol. The van der Waals surface area contributed by atoms with E-state index in [-0.39, 0.29) is 6.09 Å². The first-order valence-corrected chi connectivity index (χ1v) is 11.4. The molecule has 0 aliphatic carbocycles. The lowest BCUT2D eigenvalue weighted by Crippen LogP contribution is -2.39. The number of methoxy groups -OCH3 is 1. The second-order valence-corrected chi connectivity index (χ2v) is 9.93. The normalized spacial score (nSPS) is 13.6. The lowest BCUT2D eigenvalue weighted by atomic mass is 9.98. The molecule has 3 aromatic rings. The molecule has 9 heteroatoms. The number of halogens is 2. The van der Waals surface area contributed by atoms with Gasteiger partial charge in [-0.3, -0.25) is 0 Å². The van der Waals surface area contributed by atoms with Gasteiger partial charge in [-0.05, 0) is 62.6 Å². The Kier molecular flexibility index (Phi) is 6.18. The van der Waals surface area contributed by atoms with E-state index in [9.17, 15) is 4.79 Å². The number of aromatic nitrogens is 2. The first kappa shape index (κ1) is 22.6. The summed E-state index contributed by atoms with van der Waals surface area (Å²) in [4.78, 5) is 23.2. The van der Waals surface area contributed by atoms with Gasteiger partial charge in [0.2, 0.25) is 5.95 Å². The predicted molar refractivity (Wildman–Crippen MR) is 129 cm³/mol. The fourth-order valence-electron chi connectivity index (χ4n) is 3.58. The SMILES string of the molecule is COc1cc2c(cc1Nc1ncc3c(Cl)cc(Br)cc3n1)CN(C(=O)OC(C)(C)C)CC2. The van der Waals surface area contributed by atoms with Crippen molar-refractivity contribution in [2.75, 3.05) is 19.0 Å². The summed E-state index contributed by atoms with van der Waals surface area (Å²) < 4.78 is 12.0. The van der Waals surface area contributed by atoms with Crippen molar-refractivity contribution in [3.63, 3.8) is 0 Å². The number of benzene rings is 2. The molecule has 1 aliphatic heterocycles. The quantitative estimate of drug-likeness (QED) is 0.451. The average Bonchev–Trinajstić information content (AvgIpc) is 2.71. The standard InChI is InChI=1S/C23H24BrClN4O3/c1-23(2,3)32-22(30)29-6-5-13-8-20(31-4)19(7-14(13)12-29)28-21-26-11-16-17(25)9-15(24)10-18(16)27-21/h7-11H,5-6,12H2,1-4H3,(H,26,27,28). The zero-order chi connectivity index (χ0) is 23.0. The molecular weight excluding hydrogens is 496 g/mol. The van der Waals surface area contributed by atoms with E-state index in [2.05, 4.69) is 31.2 Å². The minimum absolute atomic E-state index is 0.311. The minimum atomic E-state index is -0.532. The van der Waals surface area contributed by atoms with Crippen LogP contribution in [0, 0.1) is 0 Å². The van der Waals surface area contributed by atoms with Crippen molar-refractivity contribution >= 4 is 56.2 Å². The number of hydrogen-bond acceptors (Lipinski definition) is 6. The van der Waals surface area contributed by atoms with Crippen molar-refractivity contribution in [3.05, 3.63) is 51.1 Å². The maximum atomic E-state index is 12.5. The third-order valence-corrected chi connectivity index (χ3v) is 5.82. The Labute approximate surface area is 200 Å². The average molecular weight is 520 g/mol. The van der Waals surface area contributed by atoms with Crippen LogP contribution in [0.3, 0.4) is 0 Å². The fourth-order valence-corrected chi connectivity index (χ4v) is 4.42. The van der Waals surface area contributed by atoms with E-state index in [0.717, 1.165) is 38.6 Å². The van der Waals surface area contributed by atoms with E-state index in [1.807, 2.05) is 45.0 Å². The molecule has 32 heavy (non-hydrogen) atoms. The van der Waals surface area contributed by atoms with Gasteiger partial charge in [0.1, 0.15) is 11.4 Å². The number of carbonyl (C=O) groups excluding carboxylic acids is 1. The molecule has 0 saturated carbocycles. The Morgan fingerprint density at radius 1 is 1.22 bits per heavy atom. The Morgan fingerprint density at radius 2 is 2.00 bits per heavy atom. The van der Waals surface area contributed by atoms with Gasteiger partial charge in [0, 0.05) is 29.1 Å². The van der Waals surface area contributed by atoms with Gasteiger partial charge in [-0.15, -0.1) is 0 Å². The van der Waals surface area contributed by atoms with E-state index >= 15 is 0 Å². The van der Waals surface area contributed by atoms with E-state index in [1.165, 1.54) is 0 Å². The minimum Gasteiger partial charge on any atom is -0.495 e. The van der Waals surface area contributed by atoms with Crippen LogP contribution in [0.5, 0.6) is 5.75 Å². The number of fused-ring (bicyclic) bond motifs is 2. The van der Waals surface area contributed by atoms with Gasteiger partial charge >= 0.3 is 6.09 Å². The van der Waals surface area contributed by atoms with Crippen molar-refractivity contribution in [1.82, 2.24) is 14.9 Å². The summed E-state index contributed by atoms with van der Waals surface area (Å²) in [5.74, 6) is 1.11. The van der Waals surface area contributed by atoms with Gasteiger partial charge in [0.15, 0.2) is 0 Å². The van der Waals surface area contributed by atoms with Crippen LogP contribution in [0.4, 0.5) is 16.4 Å². The van der Waals surface area contributed by atoms with E-state index < -0.39 is 5.60 Å². The molecule has 168 valence electrons. The molecule has 0 fully saturated rings. The van der Waals surface area contributed by atoms with Gasteiger partial charge in [-0.25, -0.2) is 14.8 Å². The van der Waals surface area contributed by atoms with Gasteiger partial charge in [0.05, 0.1) is 23.3 Å². The van der Waals surface area contributed by atoms with Crippen LogP contribution in [0.25, 0.3) is 10.9 Å². The molecule has 0 atom stereocenters. The fraction of sp³-hybridized carbons (Fsp3) is 0.348. The molecule has 0 saturated heterocycles. The molecule has 4 rings (SSSR count). The number of nitrogens with one attached hydrogen (secondary N) is 1. The molecule has 0 spiro atoms. The summed E-state index contributed by atoms with van der Waals surface area (Å²) in [5.41, 5.74) is 3.07. The maximum Gasteiger partial charge on any atom is 0.410 e. The summed E-state index contributed by atoms with van der Waals surface area (Å²) >= 11 is 9.73. The molecule has 0 unspecified atom stereocenters. The number of carbonyl (C=O) groups is 1. The molecule has 2 aromatic carbocycles. The number of rotatable bonds is 3. The summed E-state index contributed by atoms with van der Waals surface area (Å²) in [5, 5.41) is 4.59. The van der Waals surface area contributed by atoms with Crippen LogP contribution in [0.15, 0.2) is 34.9 Å². The van der Waals surface area contributed by atoms with E-state index in [4.69, 9.17) is 21.1 Å². The molecule has 0 bridgehead atoms. The van der Waals surface area contributed by atoms with Crippen molar-refractivity contribution < 1.29 is 14.3 Å². The molecular formula is C23H24BrClN4O3.